The largest absolute Gasteiger partial charge is 0.496 e. The van der Waals surface area contributed by atoms with Crippen LogP contribution < -0.4 is 10.1 Å². The Balaban J connectivity index is 2.48. The zero-order chi connectivity index (χ0) is 15.6. The van der Waals surface area contributed by atoms with Gasteiger partial charge in [-0.2, -0.15) is 0 Å². The Bertz CT molecular complexity index is 629. The highest BCUT2D eigenvalue weighted by Crippen LogP contribution is 2.31. The molecule has 2 rings (SSSR count). The lowest BCUT2D eigenvalue weighted by atomic mass is 9.94. The lowest BCUT2D eigenvalue weighted by Gasteiger charge is -2.20. The number of hydrogen-bond donors (Lipinski definition) is 1. The van der Waals surface area contributed by atoms with Crippen molar-refractivity contribution in [3.05, 3.63) is 63.2 Å². The van der Waals surface area contributed by atoms with Gasteiger partial charge in [0.1, 0.15) is 5.75 Å². The number of benzene rings is 2. The molecule has 2 nitrogen and oxygen atoms in total. The van der Waals surface area contributed by atoms with E-state index >= 15 is 0 Å². The average Bonchev–Trinajstić information content (AvgIpc) is 2.43. The maximum Gasteiger partial charge on any atom is 0.124 e. The van der Waals surface area contributed by atoms with Crippen LogP contribution in [0.4, 0.5) is 0 Å². The van der Waals surface area contributed by atoms with Gasteiger partial charge in [-0.15, -0.1) is 0 Å². The third-order valence-electron chi connectivity index (χ3n) is 3.84. The summed E-state index contributed by atoms with van der Waals surface area (Å²) in [5, 5.41) is 4.17. The van der Waals surface area contributed by atoms with Gasteiger partial charge < -0.3 is 10.1 Å². The van der Waals surface area contributed by atoms with Crippen LogP contribution in [-0.4, -0.2) is 14.2 Å². The van der Waals surface area contributed by atoms with Gasteiger partial charge in [0.15, 0.2) is 0 Å². The summed E-state index contributed by atoms with van der Waals surface area (Å²) in [5.74, 6) is 0.954. The lowest BCUT2D eigenvalue weighted by Crippen LogP contribution is -2.18. The van der Waals surface area contributed by atoms with Gasteiger partial charge in [0.25, 0.3) is 0 Å². The minimum Gasteiger partial charge on any atom is -0.496 e. The Morgan fingerprint density at radius 2 is 1.57 bits per heavy atom. The standard InChI is InChI=1S/C18H22ClNO/c1-11-6-7-14(10-16(11)19)17(20-4)15-8-12(2)18(21-5)13(3)9-15/h6-10,17,20H,1-5H3. The predicted octanol–water partition coefficient (Wildman–Crippen LogP) is 4.58. The molecule has 0 fully saturated rings. The van der Waals surface area contributed by atoms with E-state index in [0.717, 1.165) is 33.0 Å². The van der Waals surface area contributed by atoms with Crippen LogP contribution in [0.3, 0.4) is 0 Å². The second kappa shape index (κ2) is 6.50. The van der Waals surface area contributed by atoms with E-state index in [2.05, 4.69) is 43.4 Å². The molecule has 21 heavy (non-hydrogen) atoms. The van der Waals surface area contributed by atoms with Crippen molar-refractivity contribution in [1.29, 1.82) is 0 Å². The van der Waals surface area contributed by atoms with Gasteiger partial charge >= 0.3 is 0 Å². The van der Waals surface area contributed by atoms with Crippen LogP contribution in [0.25, 0.3) is 0 Å². The summed E-state index contributed by atoms with van der Waals surface area (Å²) in [7, 11) is 3.68. The van der Waals surface area contributed by atoms with Gasteiger partial charge in [-0.1, -0.05) is 35.9 Å². The van der Waals surface area contributed by atoms with E-state index in [4.69, 9.17) is 16.3 Å². The van der Waals surface area contributed by atoms with E-state index in [-0.39, 0.29) is 6.04 Å². The van der Waals surface area contributed by atoms with E-state index in [0.29, 0.717) is 0 Å². The molecule has 0 aliphatic carbocycles. The zero-order valence-corrected chi connectivity index (χ0v) is 14.0. The summed E-state index contributed by atoms with van der Waals surface area (Å²) < 4.78 is 5.44. The molecule has 0 spiro atoms. The fraction of sp³-hybridized carbons (Fsp3) is 0.333. The normalized spacial score (nSPS) is 12.3. The first-order valence-electron chi connectivity index (χ1n) is 7.06. The number of aryl methyl sites for hydroxylation is 3. The van der Waals surface area contributed by atoms with Crippen LogP contribution in [-0.2, 0) is 0 Å². The van der Waals surface area contributed by atoms with Crippen LogP contribution >= 0.6 is 11.6 Å². The minimum atomic E-state index is 0.117. The topological polar surface area (TPSA) is 21.3 Å². The Morgan fingerprint density at radius 1 is 0.952 bits per heavy atom. The molecule has 1 unspecified atom stereocenters. The maximum atomic E-state index is 6.26. The highest BCUT2D eigenvalue weighted by Gasteiger charge is 2.15. The lowest BCUT2D eigenvalue weighted by molar-refractivity contribution is 0.408. The molecule has 0 aliphatic heterocycles. The molecule has 1 N–H and O–H groups in total. The van der Waals surface area contributed by atoms with E-state index in [1.807, 2.05) is 20.0 Å². The molecule has 0 aliphatic rings. The van der Waals surface area contributed by atoms with Gasteiger partial charge in [-0.05, 0) is 61.7 Å². The van der Waals surface area contributed by atoms with Crippen LogP contribution in [0.1, 0.15) is 33.9 Å². The second-order valence-corrected chi connectivity index (χ2v) is 5.83. The molecule has 0 amide bonds. The average molecular weight is 304 g/mol. The summed E-state index contributed by atoms with van der Waals surface area (Å²) in [6.45, 7) is 6.16. The Hall–Kier alpha value is -1.51. The maximum absolute atomic E-state index is 6.26. The number of ether oxygens (including phenoxy) is 1. The van der Waals surface area contributed by atoms with Gasteiger partial charge in [-0.25, -0.2) is 0 Å². The van der Waals surface area contributed by atoms with Gasteiger partial charge in [0.2, 0.25) is 0 Å². The summed E-state index contributed by atoms with van der Waals surface area (Å²) in [4.78, 5) is 0. The van der Waals surface area contributed by atoms with Crippen LogP contribution in [0.15, 0.2) is 30.3 Å². The smallest absolute Gasteiger partial charge is 0.124 e. The van der Waals surface area contributed by atoms with Crippen LogP contribution in [0.5, 0.6) is 5.75 Å². The third-order valence-corrected chi connectivity index (χ3v) is 4.25. The van der Waals surface area contributed by atoms with E-state index in [1.54, 1.807) is 7.11 Å². The van der Waals surface area contributed by atoms with Gasteiger partial charge in [0.05, 0.1) is 13.2 Å². The molecular weight excluding hydrogens is 282 g/mol. The van der Waals surface area contributed by atoms with E-state index in [1.165, 1.54) is 5.56 Å². The number of hydrogen-bond acceptors (Lipinski definition) is 2. The van der Waals surface area contributed by atoms with E-state index < -0.39 is 0 Å². The molecule has 2 aromatic rings. The summed E-state index contributed by atoms with van der Waals surface area (Å²) >= 11 is 6.26. The number of rotatable bonds is 4. The van der Waals surface area contributed by atoms with Crippen molar-refractivity contribution in [3.8, 4) is 5.75 Å². The molecule has 0 saturated heterocycles. The highest BCUT2D eigenvalue weighted by molar-refractivity contribution is 6.31. The fourth-order valence-corrected chi connectivity index (χ4v) is 2.98. The number of halogens is 1. The Morgan fingerprint density at radius 3 is 2.05 bits per heavy atom. The van der Waals surface area contributed by atoms with Crippen LogP contribution in [0, 0.1) is 20.8 Å². The predicted molar refractivity (Wildman–Crippen MR) is 89.6 cm³/mol. The van der Waals surface area contributed by atoms with Gasteiger partial charge in [0, 0.05) is 5.02 Å². The van der Waals surface area contributed by atoms with Crippen LogP contribution in [0.2, 0.25) is 5.02 Å². The molecule has 0 heterocycles. The Labute approximate surface area is 132 Å². The minimum absolute atomic E-state index is 0.117. The molecule has 3 heteroatoms. The van der Waals surface area contributed by atoms with Crippen molar-refractivity contribution >= 4 is 11.6 Å². The SMILES string of the molecule is CNC(c1cc(C)c(OC)c(C)c1)c1ccc(C)c(Cl)c1. The molecule has 0 saturated carbocycles. The molecule has 2 aromatic carbocycles. The Kier molecular flexibility index (Phi) is 4.92. The second-order valence-electron chi connectivity index (χ2n) is 5.42. The van der Waals surface area contributed by atoms with Crippen molar-refractivity contribution in [2.45, 2.75) is 26.8 Å². The number of nitrogens with one attached hydrogen (secondary N) is 1. The molecule has 0 bridgehead atoms. The molecular formula is C18H22ClNO. The molecule has 0 aromatic heterocycles. The molecule has 1 atom stereocenters. The van der Waals surface area contributed by atoms with Crippen molar-refractivity contribution in [3.63, 3.8) is 0 Å². The quantitative estimate of drug-likeness (QED) is 0.892. The van der Waals surface area contributed by atoms with Crippen molar-refractivity contribution < 1.29 is 4.74 Å². The summed E-state index contributed by atoms with van der Waals surface area (Å²) in [5.41, 5.74) is 5.76. The monoisotopic (exact) mass is 303 g/mol. The van der Waals surface area contributed by atoms with Crippen molar-refractivity contribution in [2.24, 2.45) is 0 Å². The van der Waals surface area contributed by atoms with Gasteiger partial charge in [-0.3, -0.25) is 0 Å². The zero-order valence-electron chi connectivity index (χ0n) is 13.3. The summed E-state index contributed by atoms with van der Waals surface area (Å²) in [6, 6.07) is 10.7. The third kappa shape index (κ3) is 3.22. The summed E-state index contributed by atoms with van der Waals surface area (Å²) in [6.07, 6.45) is 0. The van der Waals surface area contributed by atoms with Crippen molar-refractivity contribution in [2.75, 3.05) is 14.2 Å². The van der Waals surface area contributed by atoms with E-state index in [9.17, 15) is 0 Å². The van der Waals surface area contributed by atoms with Crippen molar-refractivity contribution in [1.82, 2.24) is 5.32 Å². The fourth-order valence-electron chi connectivity index (χ4n) is 2.79. The molecule has 112 valence electrons. The number of methoxy groups -OCH3 is 1. The molecule has 0 radical (unpaired) electrons. The first-order valence-corrected chi connectivity index (χ1v) is 7.44. The first-order chi connectivity index (χ1) is 9.97. The first kappa shape index (κ1) is 15.9. The highest BCUT2D eigenvalue weighted by atomic mass is 35.5.